The quantitative estimate of drug-likeness (QED) is 0.701. The molecular formula is C21H22N4O2S. The number of urea groups is 1. The third kappa shape index (κ3) is 3.71. The van der Waals surface area contributed by atoms with E-state index in [0.29, 0.717) is 18.1 Å². The lowest BCUT2D eigenvalue weighted by molar-refractivity contribution is -0.117. The summed E-state index contributed by atoms with van der Waals surface area (Å²) in [5.74, 6) is 0.0176. The fraction of sp³-hybridized carbons (Fsp3) is 0.286. The van der Waals surface area contributed by atoms with Crippen LogP contribution < -0.4 is 15.5 Å². The molecule has 3 aromatic rings. The van der Waals surface area contributed by atoms with E-state index in [1.165, 1.54) is 16.9 Å². The second kappa shape index (κ2) is 7.24. The molecule has 3 amide bonds. The van der Waals surface area contributed by atoms with Gasteiger partial charge in [0.2, 0.25) is 5.91 Å². The van der Waals surface area contributed by atoms with Gasteiger partial charge in [0.15, 0.2) is 5.13 Å². The van der Waals surface area contributed by atoms with Gasteiger partial charge in [-0.1, -0.05) is 23.5 Å². The number of rotatable bonds is 3. The van der Waals surface area contributed by atoms with Crippen molar-refractivity contribution in [1.82, 2.24) is 10.3 Å². The summed E-state index contributed by atoms with van der Waals surface area (Å²) in [4.78, 5) is 31.0. The van der Waals surface area contributed by atoms with Gasteiger partial charge >= 0.3 is 6.03 Å². The molecule has 2 aromatic carbocycles. The minimum Gasteiger partial charge on any atom is -0.333 e. The number of thiazole rings is 1. The first-order valence-corrected chi connectivity index (χ1v) is 10.0. The second-order valence-corrected chi connectivity index (χ2v) is 8.29. The average Bonchev–Trinajstić information content (AvgIpc) is 3.19. The van der Waals surface area contributed by atoms with E-state index in [1.54, 1.807) is 4.90 Å². The zero-order chi connectivity index (χ0) is 19.8. The van der Waals surface area contributed by atoms with Crippen LogP contribution in [-0.2, 0) is 4.79 Å². The first kappa shape index (κ1) is 18.4. The van der Waals surface area contributed by atoms with E-state index in [9.17, 15) is 9.59 Å². The van der Waals surface area contributed by atoms with Crippen molar-refractivity contribution in [2.75, 3.05) is 16.8 Å². The van der Waals surface area contributed by atoms with Gasteiger partial charge in [-0.05, 0) is 61.7 Å². The van der Waals surface area contributed by atoms with Crippen molar-refractivity contribution in [2.45, 2.75) is 33.2 Å². The maximum absolute atomic E-state index is 12.4. The summed E-state index contributed by atoms with van der Waals surface area (Å²) < 4.78 is 1.03. The van der Waals surface area contributed by atoms with E-state index in [-0.39, 0.29) is 18.0 Å². The van der Waals surface area contributed by atoms with Crippen LogP contribution in [0, 0.1) is 20.8 Å². The van der Waals surface area contributed by atoms with Gasteiger partial charge in [-0.2, -0.15) is 0 Å². The highest BCUT2D eigenvalue weighted by molar-refractivity contribution is 7.22. The molecule has 0 bridgehead atoms. The zero-order valence-electron chi connectivity index (χ0n) is 16.1. The summed E-state index contributed by atoms with van der Waals surface area (Å²) in [6.45, 7) is 6.57. The minimum atomic E-state index is -0.337. The molecule has 0 unspecified atom stereocenters. The topological polar surface area (TPSA) is 74.3 Å². The first-order chi connectivity index (χ1) is 13.4. The summed E-state index contributed by atoms with van der Waals surface area (Å²) in [7, 11) is 0. The fourth-order valence-corrected chi connectivity index (χ4v) is 4.31. The summed E-state index contributed by atoms with van der Waals surface area (Å²) >= 11 is 1.44. The summed E-state index contributed by atoms with van der Waals surface area (Å²) in [6.07, 6.45) is 0.291. The Bertz CT molecular complexity index is 1080. The molecule has 1 aromatic heterocycles. The molecule has 0 radical (unpaired) electrons. The van der Waals surface area contributed by atoms with Gasteiger partial charge in [0.05, 0.1) is 16.3 Å². The van der Waals surface area contributed by atoms with Gasteiger partial charge in [-0.25, -0.2) is 9.78 Å². The van der Waals surface area contributed by atoms with Crippen molar-refractivity contribution in [1.29, 1.82) is 0 Å². The highest BCUT2D eigenvalue weighted by Crippen LogP contribution is 2.27. The van der Waals surface area contributed by atoms with Crippen LogP contribution in [0.1, 0.15) is 23.1 Å². The number of benzene rings is 2. The predicted octanol–water partition coefficient (Wildman–Crippen LogP) is 4.15. The van der Waals surface area contributed by atoms with Crippen molar-refractivity contribution >= 4 is 44.3 Å². The van der Waals surface area contributed by atoms with Crippen LogP contribution in [0.4, 0.5) is 15.6 Å². The molecule has 2 heterocycles. The van der Waals surface area contributed by atoms with Gasteiger partial charge in [-0.3, -0.25) is 10.1 Å². The SMILES string of the molecule is Cc1ccc2nc(NC(=O)N[C@@H]3CC(=O)N(c4ccc(C)c(C)c4)C3)sc2c1. The van der Waals surface area contributed by atoms with Crippen LogP contribution in [0.25, 0.3) is 10.2 Å². The Balaban J connectivity index is 1.40. The third-order valence-corrected chi connectivity index (χ3v) is 5.96. The van der Waals surface area contributed by atoms with Crippen LogP contribution >= 0.6 is 11.3 Å². The summed E-state index contributed by atoms with van der Waals surface area (Å²) in [5.41, 5.74) is 5.23. The number of carbonyl (C=O) groups is 2. The van der Waals surface area contributed by atoms with Crippen LogP contribution in [0.5, 0.6) is 0 Å². The highest BCUT2D eigenvalue weighted by Gasteiger charge is 2.31. The number of amides is 3. The van der Waals surface area contributed by atoms with Gasteiger partial charge < -0.3 is 10.2 Å². The molecule has 1 fully saturated rings. The standard InChI is InChI=1S/C21H22N4O2S/c1-12-4-7-17-18(8-12)28-21(23-17)24-20(27)22-15-10-19(26)25(11-15)16-6-5-13(2)14(3)9-16/h4-9,15H,10-11H2,1-3H3,(H2,22,23,24,27)/t15-/m1/s1. The zero-order valence-corrected chi connectivity index (χ0v) is 16.9. The van der Waals surface area contributed by atoms with Gasteiger partial charge in [0.1, 0.15) is 0 Å². The molecule has 144 valence electrons. The minimum absolute atomic E-state index is 0.0176. The highest BCUT2D eigenvalue weighted by atomic mass is 32.1. The number of nitrogens with one attached hydrogen (secondary N) is 2. The van der Waals surface area contributed by atoms with E-state index in [1.807, 2.05) is 57.2 Å². The number of anilines is 2. The lowest BCUT2D eigenvalue weighted by Crippen LogP contribution is -2.39. The molecule has 0 spiro atoms. The maximum Gasteiger partial charge on any atom is 0.321 e. The Morgan fingerprint density at radius 3 is 2.75 bits per heavy atom. The van der Waals surface area contributed by atoms with Crippen molar-refractivity contribution in [3.63, 3.8) is 0 Å². The Morgan fingerprint density at radius 1 is 1.14 bits per heavy atom. The largest absolute Gasteiger partial charge is 0.333 e. The number of fused-ring (bicyclic) bond motifs is 1. The molecule has 0 saturated carbocycles. The molecular weight excluding hydrogens is 372 g/mol. The maximum atomic E-state index is 12.4. The molecule has 1 aliphatic rings. The molecule has 4 rings (SSSR count). The van der Waals surface area contributed by atoms with Gasteiger partial charge in [0, 0.05) is 18.7 Å². The second-order valence-electron chi connectivity index (χ2n) is 7.26. The van der Waals surface area contributed by atoms with E-state index in [0.717, 1.165) is 27.0 Å². The number of nitrogens with zero attached hydrogens (tertiary/aromatic N) is 2. The van der Waals surface area contributed by atoms with Crippen molar-refractivity contribution in [3.8, 4) is 0 Å². The Labute approximate surface area is 167 Å². The van der Waals surface area contributed by atoms with Crippen LogP contribution in [0.2, 0.25) is 0 Å². The van der Waals surface area contributed by atoms with E-state index in [2.05, 4.69) is 15.6 Å². The number of hydrogen-bond donors (Lipinski definition) is 2. The van der Waals surface area contributed by atoms with E-state index in [4.69, 9.17) is 0 Å². The van der Waals surface area contributed by atoms with Crippen LogP contribution in [0.15, 0.2) is 36.4 Å². The Hall–Kier alpha value is -2.93. The summed E-state index contributed by atoms with van der Waals surface area (Å²) in [6, 6.07) is 11.4. The van der Waals surface area contributed by atoms with Gasteiger partial charge in [-0.15, -0.1) is 0 Å². The smallest absolute Gasteiger partial charge is 0.321 e. The molecule has 1 aliphatic heterocycles. The lowest BCUT2D eigenvalue weighted by Gasteiger charge is -2.18. The first-order valence-electron chi connectivity index (χ1n) is 9.21. The molecule has 7 heteroatoms. The van der Waals surface area contributed by atoms with E-state index >= 15 is 0 Å². The van der Waals surface area contributed by atoms with Crippen molar-refractivity contribution in [3.05, 3.63) is 53.1 Å². The molecule has 0 aliphatic carbocycles. The van der Waals surface area contributed by atoms with Crippen molar-refractivity contribution < 1.29 is 9.59 Å². The number of aryl methyl sites for hydroxylation is 3. The normalized spacial score (nSPS) is 16.6. The van der Waals surface area contributed by atoms with Crippen LogP contribution in [0.3, 0.4) is 0 Å². The van der Waals surface area contributed by atoms with Crippen molar-refractivity contribution in [2.24, 2.45) is 0 Å². The number of carbonyl (C=O) groups excluding carboxylic acids is 2. The Kier molecular flexibility index (Phi) is 4.77. The lowest BCUT2D eigenvalue weighted by atomic mass is 10.1. The van der Waals surface area contributed by atoms with Crippen LogP contribution in [-0.4, -0.2) is 29.5 Å². The molecule has 1 saturated heterocycles. The fourth-order valence-electron chi connectivity index (χ4n) is 3.35. The number of aromatic nitrogens is 1. The van der Waals surface area contributed by atoms with E-state index < -0.39 is 0 Å². The average molecular weight is 395 g/mol. The predicted molar refractivity (Wildman–Crippen MR) is 113 cm³/mol. The molecule has 28 heavy (non-hydrogen) atoms. The third-order valence-electron chi connectivity index (χ3n) is 5.03. The monoisotopic (exact) mass is 394 g/mol. The molecule has 1 atom stereocenters. The molecule has 6 nitrogen and oxygen atoms in total. The Morgan fingerprint density at radius 2 is 1.96 bits per heavy atom. The van der Waals surface area contributed by atoms with Gasteiger partial charge in [0.25, 0.3) is 0 Å². The summed E-state index contributed by atoms with van der Waals surface area (Å²) in [5, 5.41) is 6.23. The molecule has 2 N–H and O–H groups in total. The number of hydrogen-bond acceptors (Lipinski definition) is 4.